The molecule has 6 heteroatoms. The van der Waals surface area contributed by atoms with E-state index in [0.717, 1.165) is 28.0 Å². The Morgan fingerprint density at radius 1 is 1.13 bits per heavy atom. The fraction of sp³-hybridized carbons (Fsp3) is 0.208. The largest absolute Gasteiger partial charge is 0.496 e. The van der Waals surface area contributed by atoms with E-state index in [0.29, 0.717) is 18.5 Å². The van der Waals surface area contributed by atoms with E-state index < -0.39 is 0 Å². The molecule has 30 heavy (non-hydrogen) atoms. The van der Waals surface area contributed by atoms with Crippen LogP contribution in [0.15, 0.2) is 54.6 Å². The van der Waals surface area contributed by atoms with E-state index >= 15 is 0 Å². The van der Waals surface area contributed by atoms with Gasteiger partial charge in [-0.1, -0.05) is 42.5 Å². The van der Waals surface area contributed by atoms with Crippen molar-refractivity contribution in [3.63, 3.8) is 0 Å². The van der Waals surface area contributed by atoms with Crippen LogP contribution >= 0.6 is 0 Å². The van der Waals surface area contributed by atoms with Crippen LogP contribution in [0, 0.1) is 13.8 Å². The minimum Gasteiger partial charge on any atom is -0.496 e. The van der Waals surface area contributed by atoms with Crippen molar-refractivity contribution in [2.24, 2.45) is 0 Å². The number of nitrogens with zero attached hydrogens (tertiary/aromatic N) is 1. The first kappa shape index (κ1) is 22.5. The summed E-state index contributed by atoms with van der Waals surface area (Å²) in [7, 11) is 1.63. The van der Waals surface area contributed by atoms with Crippen LogP contribution in [0.3, 0.4) is 0 Å². The first-order chi connectivity index (χ1) is 14.4. The van der Waals surface area contributed by atoms with Crippen molar-refractivity contribution < 1.29 is 23.9 Å². The van der Waals surface area contributed by atoms with E-state index in [9.17, 15) is 9.59 Å². The van der Waals surface area contributed by atoms with Gasteiger partial charge in [0.1, 0.15) is 5.75 Å². The smallest absolute Gasteiger partial charge is 0.373 e. The van der Waals surface area contributed by atoms with Crippen molar-refractivity contribution in [1.29, 1.82) is 0 Å². The minimum absolute atomic E-state index is 0.250. The second kappa shape index (κ2) is 10.7. The summed E-state index contributed by atoms with van der Waals surface area (Å²) in [6, 6.07) is 13.3. The molecule has 0 unspecified atom stereocenters. The highest BCUT2D eigenvalue weighted by Gasteiger charge is 2.26. The third-order valence-corrected chi connectivity index (χ3v) is 4.81. The van der Waals surface area contributed by atoms with Gasteiger partial charge in [0.05, 0.1) is 7.11 Å². The van der Waals surface area contributed by atoms with Crippen LogP contribution in [0.1, 0.15) is 28.7 Å². The summed E-state index contributed by atoms with van der Waals surface area (Å²) >= 11 is 0. The zero-order valence-electron chi connectivity index (χ0n) is 17.2. The molecule has 0 radical (unpaired) electrons. The van der Waals surface area contributed by atoms with Gasteiger partial charge in [0.2, 0.25) is 0 Å². The lowest BCUT2D eigenvalue weighted by molar-refractivity contribution is -0.191. The molecule has 0 saturated heterocycles. The maximum atomic E-state index is 12.8. The topological polar surface area (TPSA) is 80.8 Å². The fourth-order valence-electron chi connectivity index (χ4n) is 3.16. The Hall–Kier alpha value is -3.76. The number of aryl methyl sites for hydroxylation is 1. The zero-order valence-corrected chi connectivity index (χ0v) is 17.2. The van der Waals surface area contributed by atoms with Gasteiger partial charge < -0.3 is 4.74 Å². The molecule has 0 spiro atoms. The van der Waals surface area contributed by atoms with E-state index in [2.05, 4.69) is 0 Å². The van der Waals surface area contributed by atoms with Crippen molar-refractivity contribution in [2.45, 2.75) is 20.3 Å². The number of rotatable bonds is 4. The minimum atomic E-state index is -0.307. The molecule has 0 saturated carbocycles. The highest BCUT2D eigenvalue weighted by Crippen LogP contribution is 2.25. The molecule has 2 aromatic rings. The number of ether oxygens (including phenoxy) is 1. The third-order valence-electron chi connectivity index (χ3n) is 4.81. The molecule has 3 rings (SSSR count). The molecular weight excluding hydrogens is 382 g/mol. The molecule has 2 aromatic carbocycles. The molecule has 1 aliphatic heterocycles. The monoisotopic (exact) mass is 405 g/mol. The quantitative estimate of drug-likeness (QED) is 0.727. The Balaban J connectivity index is 0.00000101. The molecule has 0 atom stereocenters. The summed E-state index contributed by atoms with van der Waals surface area (Å²) in [5.41, 5.74) is 4.44. The van der Waals surface area contributed by atoms with Crippen molar-refractivity contribution >= 4 is 29.6 Å². The van der Waals surface area contributed by atoms with Gasteiger partial charge in [-0.15, -0.1) is 0 Å². The molecule has 0 aliphatic carbocycles. The predicted molar refractivity (Wildman–Crippen MR) is 112 cm³/mol. The fourth-order valence-corrected chi connectivity index (χ4v) is 3.16. The van der Waals surface area contributed by atoms with Gasteiger partial charge in [-0.3, -0.25) is 14.5 Å². The molecule has 1 heterocycles. The second-order valence-electron chi connectivity index (χ2n) is 6.65. The SMILES string of the molecule is COc1cc(/C=C/C(=O)N2CCC=C(c3ccccc3)C2=O)cc(C)c1C.O=C=O. The van der Waals surface area contributed by atoms with E-state index in [1.165, 1.54) is 11.0 Å². The Morgan fingerprint density at radius 3 is 2.43 bits per heavy atom. The van der Waals surface area contributed by atoms with Gasteiger partial charge >= 0.3 is 6.15 Å². The van der Waals surface area contributed by atoms with Gasteiger partial charge in [0, 0.05) is 18.2 Å². The molecule has 6 nitrogen and oxygen atoms in total. The van der Waals surface area contributed by atoms with E-state index in [1.54, 1.807) is 13.2 Å². The van der Waals surface area contributed by atoms with Crippen LogP contribution in [0.5, 0.6) is 5.75 Å². The number of methoxy groups -OCH3 is 1. The van der Waals surface area contributed by atoms with E-state index in [4.69, 9.17) is 14.3 Å². The zero-order chi connectivity index (χ0) is 22.1. The summed E-state index contributed by atoms with van der Waals surface area (Å²) in [5, 5.41) is 0. The van der Waals surface area contributed by atoms with Gasteiger partial charge in [0.25, 0.3) is 11.8 Å². The average Bonchev–Trinajstić information content (AvgIpc) is 2.75. The lowest BCUT2D eigenvalue weighted by Gasteiger charge is -2.24. The molecule has 154 valence electrons. The van der Waals surface area contributed by atoms with Crippen LogP contribution in [0.4, 0.5) is 0 Å². The summed E-state index contributed by atoms with van der Waals surface area (Å²) in [4.78, 5) is 42.9. The number of carbonyl (C=O) groups is 2. The molecule has 0 bridgehead atoms. The summed E-state index contributed by atoms with van der Waals surface area (Å²) < 4.78 is 5.38. The maximum absolute atomic E-state index is 12.8. The average molecular weight is 405 g/mol. The summed E-state index contributed by atoms with van der Waals surface area (Å²) in [6.45, 7) is 4.40. The summed E-state index contributed by atoms with van der Waals surface area (Å²) in [6.07, 6.45) is 5.99. The molecule has 0 aromatic heterocycles. The lowest BCUT2D eigenvalue weighted by atomic mass is 10.00. The highest BCUT2D eigenvalue weighted by molar-refractivity contribution is 6.25. The normalized spacial score (nSPS) is 13.2. The predicted octanol–water partition coefficient (Wildman–Crippen LogP) is 3.58. The number of imide groups is 1. The highest BCUT2D eigenvalue weighted by atomic mass is 16.5. The molecule has 2 amide bonds. The van der Waals surface area contributed by atoms with Crippen LogP contribution in [-0.4, -0.2) is 36.5 Å². The molecule has 1 aliphatic rings. The third kappa shape index (κ3) is 5.40. The number of amides is 2. The number of benzene rings is 2. The standard InChI is InChI=1S/C23H23NO3.CO2/c1-16-14-18(15-21(27-3)17(16)2)11-12-22(25)24-13-7-10-20(23(24)26)19-8-5-4-6-9-19;2-1-3/h4-6,8-12,14-15H,7,13H2,1-3H3;/b12-11+;. The van der Waals surface area contributed by atoms with E-state index in [1.807, 2.05) is 62.4 Å². The van der Waals surface area contributed by atoms with Gasteiger partial charge in [0.15, 0.2) is 0 Å². The van der Waals surface area contributed by atoms with Crippen LogP contribution in [0.25, 0.3) is 11.6 Å². The Labute approximate surface area is 175 Å². The summed E-state index contributed by atoms with van der Waals surface area (Å²) in [5.74, 6) is 0.226. The van der Waals surface area contributed by atoms with Gasteiger partial charge in [-0.25, -0.2) is 0 Å². The Morgan fingerprint density at radius 2 is 1.80 bits per heavy atom. The number of carbonyl (C=O) groups excluding carboxylic acids is 4. The van der Waals surface area contributed by atoms with Crippen molar-refractivity contribution in [1.82, 2.24) is 4.90 Å². The Kier molecular flexibility index (Phi) is 8.03. The second-order valence-corrected chi connectivity index (χ2v) is 6.65. The van der Waals surface area contributed by atoms with Crippen LogP contribution in [-0.2, 0) is 19.2 Å². The van der Waals surface area contributed by atoms with Crippen molar-refractivity contribution in [3.8, 4) is 5.75 Å². The van der Waals surface area contributed by atoms with E-state index in [-0.39, 0.29) is 18.0 Å². The van der Waals surface area contributed by atoms with Crippen LogP contribution in [0.2, 0.25) is 0 Å². The van der Waals surface area contributed by atoms with Gasteiger partial charge in [-0.2, -0.15) is 9.59 Å². The lowest BCUT2D eigenvalue weighted by Crippen LogP contribution is -2.39. The molecule has 0 fully saturated rings. The first-order valence-corrected chi connectivity index (χ1v) is 9.37. The maximum Gasteiger partial charge on any atom is 0.373 e. The number of hydrogen-bond donors (Lipinski definition) is 0. The van der Waals surface area contributed by atoms with Gasteiger partial charge in [-0.05, 0) is 54.7 Å². The molecule has 0 N–H and O–H groups in total. The van der Waals surface area contributed by atoms with Crippen LogP contribution < -0.4 is 4.74 Å². The van der Waals surface area contributed by atoms with Crippen molar-refractivity contribution in [3.05, 3.63) is 76.9 Å². The first-order valence-electron chi connectivity index (χ1n) is 9.37. The van der Waals surface area contributed by atoms with Crippen molar-refractivity contribution in [2.75, 3.05) is 13.7 Å². The molecular formula is C24H23NO5. The Bertz CT molecular complexity index is 1020. The number of hydrogen-bond acceptors (Lipinski definition) is 5.